The van der Waals surface area contributed by atoms with Crippen LogP contribution in [0.5, 0.6) is 0 Å². The first-order valence-corrected chi connectivity index (χ1v) is 13.3. The largest absolute Gasteiger partial charge is 0.370 e. The first kappa shape index (κ1) is 24.7. The van der Waals surface area contributed by atoms with Gasteiger partial charge in [0.2, 0.25) is 5.91 Å². The van der Waals surface area contributed by atoms with Crippen molar-refractivity contribution in [1.82, 2.24) is 10.2 Å². The molecule has 2 atom stereocenters. The van der Waals surface area contributed by atoms with E-state index in [-0.39, 0.29) is 24.4 Å². The number of para-hydroxylation sites is 1. The third-order valence-corrected chi connectivity index (χ3v) is 8.16. The lowest BCUT2D eigenvalue weighted by Gasteiger charge is -2.43. The fourth-order valence-electron chi connectivity index (χ4n) is 4.72. The maximum atomic E-state index is 13.4. The Bertz CT molecular complexity index is 1010. The van der Waals surface area contributed by atoms with E-state index in [2.05, 4.69) is 29.3 Å². The number of anilines is 1. The van der Waals surface area contributed by atoms with Gasteiger partial charge >= 0.3 is 0 Å². The van der Waals surface area contributed by atoms with Gasteiger partial charge in [-0.05, 0) is 55.7 Å². The Labute approximate surface area is 211 Å². The standard InChI is InChI=1S/C27H32ClN3O2S/c1-2-30(22-8-4-3-5-9-22)17-16-29-26(32)19-31-23-10-6-7-11-24(23)34-25(27(31)33)18-20-12-14-21(28)15-13-20/h3-5,8-9,12-15,18,23-24H,2,6-7,10-11,16-17,19H2,1H3,(H,29,32)/b25-18+. The van der Waals surface area contributed by atoms with Crippen LogP contribution in [0.25, 0.3) is 6.08 Å². The summed E-state index contributed by atoms with van der Waals surface area (Å²) in [5.41, 5.74) is 2.09. The first-order valence-electron chi connectivity index (χ1n) is 12.1. The molecule has 1 saturated heterocycles. The molecule has 2 aromatic rings. The van der Waals surface area contributed by atoms with Gasteiger partial charge in [-0.1, -0.05) is 54.8 Å². The van der Waals surface area contributed by atoms with Gasteiger partial charge in [0.05, 0.1) is 4.91 Å². The molecule has 34 heavy (non-hydrogen) atoms. The zero-order valence-corrected chi connectivity index (χ0v) is 21.2. The summed E-state index contributed by atoms with van der Waals surface area (Å²) >= 11 is 7.69. The number of carbonyl (C=O) groups excluding carboxylic acids is 2. The fourth-order valence-corrected chi connectivity index (χ4v) is 6.32. The maximum Gasteiger partial charge on any atom is 0.261 e. The first-order chi connectivity index (χ1) is 16.5. The van der Waals surface area contributed by atoms with Crippen molar-refractivity contribution in [2.45, 2.75) is 43.9 Å². The van der Waals surface area contributed by atoms with Crippen LogP contribution < -0.4 is 10.2 Å². The molecule has 0 spiro atoms. The van der Waals surface area contributed by atoms with E-state index < -0.39 is 0 Å². The number of amides is 2. The van der Waals surface area contributed by atoms with Gasteiger partial charge in [-0.25, -0.2) is 0 Å². The molecule has 2 fully saturated rings. The second-order valence-corrected chi connectivity index (χ2v) is 10.5. The Morgan fingerprint density at radius 2 is 1.88 bits per heavy atom. The minimum absolute atomic E-state index is 0.0438. The lowest BCUT2D eigenvalue weighted by Crippen LogP contribution is -2.54. The Morgan fingerprint density at radius 3 is 2.62 bits per heavy atom. The van der Waals surface area contributed by atoms with Gasteiger partial charge < -0.3 is 15.1 Å². The highest BCUT2D eigenvalue weighted by atomic mass is 35.5. The Balaban J connectivity index is 1.40. The van der Waals surface area contributed by atoms with Crippen LogP contribution in [0.4, 0.5) is 5.69 Å². The summed E-state index contributed by atoms with van der Waals surface area (Å²) in [6.07, 6.45) is 6.23. The fraction of sp³-hybridized carbons (Fsp3) is 0.407. The molecule has 180 valence electrons. The summed E-state index contributed by atoms with van der Waals surface area (Å²) in [5, 5.41) is 4.05. The number of nitrogens with one attached hydrogen (secondary N) is 1. The van der Waals surface area contributed by atoms with Crippen LogP contribution >= 0.6 is 23.4 Å². The summed E-state index contributed by atoms with van der Waals surface area (Å²) in [7, 11) is 0. The third kappa shape index (κ3) is 6.16. The van der Waals surface area contributed by atoms with Crippen molar-refractivity contribution in [3.63, 3.8) is 0 Å². The molecule has 1 saturated carbocycles. The van der Waals surface area contributed by atoms with E-state index in [9.17, 15) is 9.59 Å². The highest BCUT2D eigenvalue weighted by molar-refractivity contribution is 8.04. The number of hydrogen-bond donors (Lipinski definition) is 1. The monoisotopic (exact) mass is 497 g/mol. The highest BCUT2D eigenvalue weighted by Gasteiger charge is 2.41. The summed E-state index contributed by atoms with van der Waals surface area (Å²) < 4.78 is 0. The van der Waals surface area contributed by atoms with Crippen LogP contribution in [0.2, 0.25) is 5.02 Å². The van der Waals surface area contributed by atoms with Crippen molar-refractivity contribution in [2.24, 2.45) is 0 Å². The van der Waals surface area contributed by atoms with Gasteiger partial charge in [-0.15, -0.1) is 11.8 Å². The topological polar surface area (TPSA) is 52.7 Å². The summed E-state index contributed by atoms with van der Waals surface area (Å²) in [4.78, 5) is 31.0. The number of carbonyl (C=O) groups is 2. The molecule has 1 aliphatic carbocycles. The zero-order chi connectivity index (χ0) is 23.9. The number of likely N-dealkylation sites (N-methyl/N-ethyl adjacent to an activating group) is 1. The average Bonchev–Trinajstić information content (AvgIpc) is 2.86. The molecule has 1 N–H and O–H groups in total. The van der Waals surface area contributed by atoms with Crippen LogP contribution in [0.15, 0.2) is 59.5 Å². The van der Waals surface area contributed by atoms with Gasteiger partial charge in [0.15, 0.2) is 0 Å². The molecule has 2 amide bonds. The van der Waals surface area contributed by atoms with E-state index in [0.29, 0.717) is 21.7 Å². The molecule has 7 heteroatoms. The van der Waals surface area contributed by atoms with Crippen LogP contribution in [0.1, 0.15) is 38.2 Å². The van der Waals surface area contributed by atoms with Crippen molar-refractivity contribution in [2.75, 3.05) is 31.1 Å². The van der Waals surface area contributed by atoms with Crippen LogP contribution in [0.3, 0.4) is 0 Å². The number of thioether (sulfide) groups is 1. The van der Waals surface area contributed by atoms with Crippen molar-refractivity contribution in [3.05, 3.63) is 70.1 Å². The van der Waals surface area contributed by atoms with Crippen LogP contribution in [0, 0.1) is 0 Å². The molecule has 4 rings (SSSR count). The number of nitrogens with zero attached hydrogens (tertiary/aromatic N) is 2. The van der Waals surface area contributed by atoms with E-state index in [4.69, 9.17) is 11.6 Å². The average molecular weight is 498 g/mol. The molecule has 0 bridgehead atoms. The molecule has 2 aliphatic rings. The van der Waals surface area contributed by atoms with E-state index >= 15 is 0 Å². The lowest BCUT2D eigenvalue weighted by molar-refractivity contribution is -0.135. The highest BCUT2D eigenvalue weighted by Crippen LogP contribution is 2.42. The van der Waals surface area contributed by atoms with Gasteiger partial charge in [-0.3, -0.25) is 9.59 Å². The second kappa shape index (κ2) is 11.8. The Kier molecular flexibility index (Phi) is 8.57. The molecular formula is C27H32ClN3O2S. The Morgan fingerprint density at radius 1 is 1.15 bits per heavy atom. The Hall–Kier alpha value is -2.44. The van der Waals surface area contributed by atoms with Crippen molar-refractivity contribution >= 4 is 46.9 Å². The van der Waals surface area contributed by atoms with E-state index in [0.717, 1.165) is 43.6 Å². The second-order valence-electron chi connectivity index (χ2n) is 8.77. The van der Waals surface area contributed by atoms with Crippen molar-refractivity contribution in [1.29, 1.82) is 0 Å². The third-order valence-electron chi connectivity index (χ3n) is 6.51. The predicted molar refractivity (Wildman–Crippen MR) is 142 cm³/mol. The normalized spacial score (nSPS) is 21.3. The smallest absolute Gasteiger partial charge is 0.261 e. The van der Waals surface area contributed by atoms with E-state index in [1.165, 1.54) is 6.42 Å². The maximum absolute atomic E-state index is 13.4. The summed E-state index contributed by atoms with van der Waals surface area (Å²) in [5.74, 6) is -0.141. The van der Waals surface area contributed by atoms with Gasteiger partial charge in [0.1, 0.15) is 6.54 Å². The van der Waals surface area contributed by atoms with Crippen molar-refractivity contribution < 1.29 is 9.59 Å². The minimum Gasteiger partial charge on any atom is -0.370 e. The van der Waals surface area contributed by atoms with Gasteiger partial charge in [-0.2, -0.15) is 0 Å². The minimum atomic E-state index is -0.0977. The van der Waals surface area contributed by atoms with Gasteiger partial charge in [0, 0.05) is 41.6 Å². The quantitative estimate of drug-likeness (QED) is 0.509. The molecule has 5 nitrogen and oxygen atoms in total. The van der Waals surface area contributed by atoms with E-state index in [1.54, 1.807) is 11.8 Å². The number of fused-ring (bicyclic) bond motifs is 1. The molecule has 1 heterocycles. The summed E-state index contributed by atoms with van der Waals surface area (Å²) in [6.45, 7) is 4.35. The molecular weight excluding hydrogens is 466 g/mol. The van der Waals surface area contributed by atoms with Crippen LogP contribution in [-0.2, 0) is 9.59 Å². The number of rotatable bonds is 8. The number of benzene rings is 2. The van der Waals surface area contributed by atoms with Crippen molar-refractivity contribution in [3.8, 4) is 0 Å². The molecule has 0 aromatic heterocycles. The molecule has 0 radical (unpaired) electrons. The number of hydrogen-bond acceptors (Lipinski definition) is 4. The zero-order valence-electron chi connectivity index (χ0n) is 19.6. The van der Waals surface area contributed by atoms with Gasteiger partial charge in [0.25, 0.3) is 5.91 Å². The molecule has 2 unspecified atom stereocenters. The number of halogens is 1. The predicted octanol–water partition coefficient (Wildman–Crippen LogP) is 5.21. The lowest BCUT2D eigenvalue weighted by atomic mass is 9.93. The molecule has 1 aliphatic heterocycles. The van der Waals surface area contributed by atoms with Crippen LogP contribution in [-0.4, -0.2) is 54.2 Å². The summed E-state index contributed by atoms with van der Waals surface area (Å²) in [6, 6.07) is 17.8. The molecule has 2 aromatic carbocycles. The van der Waals surface area contributed by atoms with E-state index in [1.807, 2.05) is 53.4 Å². The SMILES string of the molecule is CCN(CCNC(=O)CN1C(=O)/C(=C\c2ccc(Cl)cc2)SC2CCCCC21)c1ccccc1.